The minimum atomic E-state index is -0.879. The Morgan fingerprint density at radius 3 is 2.46 bits per heavy atom. The van der Waals surface area contributed by atoms with Crippen LogP contribution < -0.4 is 10.2 Å². The van der Waals surface area contributed by atoms with Crippen LogP contribution in [0.25, 0.3) is 6.08 Å². The van der Waals surface area contributed by atoms with Crippen LogP contribution in [0.3, 0.4) is 0 Å². The van der Waals surface area contributed by atoms with E-state index in [1.54, 1.807) is 37.4 Å². The van der Waals surface area contributed by atoms with Crippen LogP contribution >= 0.6 is 0 Å². The number of unbranched alkanes of at least 4 members (excludes halogenated alkanes) is 1. The zero-order valence-electron chi connectivity index (χ0n) is 22.5. The second-order valence-electron chi connectivity index (χ2n) is 9.27. The summed E-state index contributed by atoms with van der Waals surface area (Å²) in [6.07, 6.45) is 11.1. The molecule has 0 atom stereocenters. The molecule has 0 amide bonds. The molecule has 0 bridgehead atoms. The van der Waals surface area contributed by atoms with Gasteiger partial charge in [-0.25, -0.2) is 4.79 Å². The van der Waals surface area contributed by atoms with Crippen molar-refractivity contribution in [3.8, 4) is 5.75 Å². The number of nitrogens with zero attached hydrogens (tertiary/aromatic N) is 3. The molecule has 2 heterocycles. The van der Waals surface area contributed by atoms with Gasteiger partial charge in [0, 0.05) is 38.3 Å². The van der Waals surface area contributed by atoms with E-state index in [0.29, 0.717) is 5.56 Å². The topological polar surface area (TPSA) is 77.4 Å². The normalized spacial score (nSPS) is 15.6. The molecule has 2 aromatic carbocycles. The van der Waals surface area contributed by atoms with Crippen LogP contribution in [0.15, 0.2) is 59.7 Å². The maximum Gasteiger partial charge on any atom is 0.335 e. The van der Waals surface area contributed by atoms with Crippen LogP contribution in [0.1, 0.15) is 52.4 Å². The highest BCUT2D eigenvalue weighted by Gasteiger charge is 2.22. The van der Waals surface area contributed by atoms with Gasteiger partial charge in [0.25, 0.3) is 0 Å². The number of piperazine rings is 1. The Kier molecular flexibility index (Phi) is 10.8. The standard InChI is InChI=1S/C23H34N4O.C7H6O2/c1-5-6-7-9-20-19(3)18(2)16-22(28-4)21(20)17-26-12-14-27(15-13-26)23-10-8-11-24-25-23;8-7(9)6-4-2-1-3-5-6/h7-10,16,24H,5-6,11-15,17H2,1-4H3;1-5H,(H,8,9)/b9-7-;. The third kappa shape index (κ3) is 7.95. The lowest BCUT2D eigenvalue weighted by molar-refractivity contribution is 0.0697. The van der Waals surface area contributed by atoms with Gasteiger partial charge in [-0.05, 0) is 61.2 Å². The Labute approximate surface area is 221 Å². The lowest BCUT2D eigenvalue weighted by atomic mass is 9.95. The van der Waals surface area contributed by atoms with E-state index < -0.39 is 5.97 Å². The summed E-state index contributed by atoms with van der Waals surface area (Å²) in [6.45, 7) is 12.4. The fourth-order valence-electron chi connectivity index (χ4n) is 4.40. The fraction of sp³-hybridized carbons (Fsp3) is 0.400. The first kappa shape index (κ1) is 28.0. The van der Waals surface area contributed by atoms with Crippen molar-refractivity contribution in [1.82, 2.24) is 15.2 Å². The molecule has 0 saturated carbocycles. The number of aromatic carboxylic acids is 1. The molecule has 1 fully saturated rings. The van der Waals surface area contributed by atoms with Gasteiger partial charge in [0.2, 0.25) is 0 Å². The van der Waals surface area contributed by atoms with Crippen molar-refractivity contribution < 1.29 is 14.6 Å². The van der Waals surface area contributed by atoms with E-state index in [2.05, 4.69) is 71.5 Å². The molecule has 0 aromatic heterocycles. The maximum absolute atomic E-state index is 10.2. The summed E-state index contributed by atoms with van der Waals surface area (Å²) in [5, 5.41) is 12.8. The average molecular weight is 505 g/mol. The van der Waals surface area contributed by atoms with E-state index >= 15 is 0 Å². The molecule has 0 radical (unpaired) electrons. The zero-order valence-corrected chi connectivity index (χ0v) is 22.5. The van der Waals surface area contributed by atoms with E-state index in [0.717, 1.165) is 57.3 Å². The Balaban J connectivity index is 0.000000356. The SMILES string of the molecule is CCC/C=C\c1c(C)c(C)cc(OC)c1CN1CCN(C2=NNCC=C2)CC1.O=C(O)c1ccccc1. The monoisotopic (exact) mass is 504 g/mol. The van der Waals surface area contributed by atoms with Gasteiger partial charge in [0.15, 0.2) is 0 Å². The molecule has 198 valence electrons. The van der Waals surface area contributed by atoms with Crippen molar-refractivity contribution in [1.29, 1.82) is 0 Å². The predicted octanol–water partition coefficient (Wildman–Crippen LogP) is 5.10. The first-order valence-electron chi connectivity index (χ1n) is 13.0. The van der Waals surface area contributed by atoms with Crippen molar-refractivity contribution >= 4 is 17.9 Å². The summed E-state index contributed by atoms with van der Waals surface area (Å²) in [4.78, 5) is 15.1. The van der Waals surface area contributed by atoms with Crippen molar-refractivity contribution in [3.63, 3.8) is 0 Å². The number of hydrogen-bond donors (Lipinski definition) is 2. The summed E-state index contributed by atoms with van der Waals surface area (Å²) in [5.74, 6) is 1.18. The number of allylic oxidation sites excluding steroid dienone is 1. The molecule has 2 aromatic rings. The number of amidine groups is 1. The second kappa shape index (κ2) is 14.2. The Morgan fingerprint density at radius 1 is 1.16 bits per heavy atom. The largest absolute Gasteiger partial charge is 0.496 e. The van der Waals surface area contributed by atoms with Crippen LogP contribution in [0.2, 0.25) is 0 Å². The maximum atomic E-state index is 10.2. The quantitative estimate of drug-likeness (QED) is 0.546. The smallest absolute Gasteiger partial charge is 0.335 e. The van der Waals surface area contributed by atoms with Crippen LogP contribution in [-0.2, 0) is 6.54 Å². The van der Waals surface area contributed by atoms with Crippen LogP contribution in [-0.4, -0.2) is 66.5 Å². The lowest BCUT2D eigenvalue weighted by Gasteiger charge is -2.36. The number of nitrogens with one attached hydrogen (secondary N) is 1. The molecule has 37 heavy (non-hydrogen) atoms. The van der Waals surface area contributed by atoms with Gasteiger partial charge >= 0.3 is 5.97 Å². The van der Waals surface area contributed by atoms with Gasteiger partial charge in [-0.2, -0.15) is 5.10 Å². The molecule has 0 unspecified atom stereocenters. The molecule has 0 aliphatic carbocycles. The Morgan fingerprint density at radius 2 is 1.89 bits per heavy atom. The number of methoxy groups -OCH3 is 1. The first-order chi connectivity index (χ1) is 17.9. The summed E-state index contributed by atoms with van der Waals surface area (Å²) in [7, 11) is 1.78. The highest BCUT2D eigenvalue weighted by atomic mass is 16.5. The van der Waals surface area contributed by atoms with E-state index in [-0.39, 0.29) is 0 Å². The highest BCUT2D eigenvalue weighted by Crippen LogP contribution is 2.31. The molecule has 2 aliphatic heterocycles. The molecule has 1 saturated heterocycles. The number of rotatable bonds is 7. The van der Waals surface area contributed by atoms with Crippen LogP contribution in [0.5, 0.6) is 5.75 Å². The molecular formula is C30H40N4O3. The number of carboxylic acid groups (broad SMARTS) is 1. The predicted molar refractivity (Wildman–Crippen MR) is 151 cm³/mol. The van der Waals surface area contributed by atoms with E-state index in [4.69, 9.17) is 9.84 Å². The van der Waals surface area contributed by atoms with Crippen molar-refractivity contribution in [2.24, 2.45) is 5.10 Å². The minimum absolute atomic E-state index is 0.331. The third-order valence-electron chi connectivity index (χ3n) is 6.69. The number of carbonyl (C=O) groups is 1. The number of ether oxygens (including phenoxy) is 1. The summed E-state index contributed by atoms with van der Waals surface area (Å²) < 4.78 is 5.78. The van der Waals surface area contributed by atoms with Crippen LogP contribution in [0.4, 0.5) is 0 Å². The summed E-state index contributed by atoms with van der Waals surface area (Å²) >= 11 is 0. The molecule has 0 spiro atoms. The lowest BCUT2D eigenvalue weighted by Crippen LogP contribution is -2.48. The molecule has 2 aliphatic rings. The summed E-state index contributed by atoms with van der Waals surface area (Å²) in [5.41, 5.74) is 8.68. The highest BCUT2D eigenvalue weighted by molar-refractivity contribution is 5.93. The molecule has 4 rings (SSSR count). The Bertz CT molecular complexity index is 1120. The van der Waals surface area contributed by atoms with Gasteiger partial charge in [-0.3, -0.25) is 4.90 Å². The van der Waals surface area contributed by atoms with Crippen molar-refractivity contribution in [2.45, 2.75) is 40.2 Å². The summed E-state index contributed by atoms with van der Waals surface area (Å²) in [6, 6.07) is 10.5. The fourth-order valence-corrected chi connectivity index (χ4v) is 4.40. The number of hydrogen-bond acceptors (Lipinski definition) is 6. The first-order valence-corrected chi connectivity index (χ1v) is 13.0. The second-order valence-corrected chi connectivity index (χ2v) is 9.27. The number of carboxylic acids is 1. The molecule has 7 nitrogen and oxygen atoms in total. The number of aryl methyl sites for hydroxylation is 1. The number of benzene rings is 2. The van der Waals surface area contributed by atoms with Crippen molar-refractivity contribution in [3.05, 3.63) is 82.4 Å². The van der Waals surface area contributed by atoms with Crippen LogP contribution in [0, 0.1) is 13.8 Å². The van der Waals surface area contributed by atoms with Crippen molar-refractivity contribution in [2.75, 3.05) is 39.8 Å². The third-order valence-corrected chi connectivity index (χ3v) is 6.69. The van der Waals surface area contributed by atoms with Gasteiger partial charge in [0.1, 0.15) is 11.6 Å². The minimum Gasteiger partial charge on any atom is -0.496 e. The Hall–Kier alpha value is -3.58. The van der Waals surface area contributed by atoms with E-state index in [1.807, 2.05) is 0 Å². The molecule has 2 N–H and O–H groups in total. The van der Waals surface area contributed by atoms with Gasteiger partial charge in [-0.1, -0.05) is 49.8 Å². The van der Waals surface area contributed by atoms with Gasteiger partial charge in [0.05, 0.1) is 19.2 Å². The van der Waals surface area contributed by atoms with E-state index in [9.17, 15) is 4.79 Å². The zero-order chi connectivity index (χ0) is 26.6. The number of hydrazone groups is 1. The van der Waals surface area contributed by atoms with E-state index in [1.165, 1.54) is 28.7 Å². The van der Waals surface area contributed by atoms with Gasteiger partial charge in [-0.15, -0.1) is 0 Å². The average Bonchev–Trinajstić information content (AvgIpc) is 2.94. The van der Waals surface area contributed by atoms with Gasteiger partial charge < -0.3 is 20.2 Å². The molecular weight excluding hydrogens is 464 g/mol. The molecule has 7 heteroatoms.